The van der Waals surface area contributed by atoms with Gasteiger partial charge in [-0.25, -0.2) is 4.98 Å². The number of carbonyl (C=O) groups is 2. The lowest BCUT2D eigenvalue weighted by molar-refractivity contribution is 0.101. The maximum Gasteiger partial charge on any atom is 0.257 e. The van der Waals surface area contributed by atoms with E-state index in [-0.39, 0.29) is 11.7 Å². The van der Waals surface area contributed by atoms with E-state index in [4.69, 9.17) is 14.2 Å². The zero-order valence-corrected chi connectivity index (χ0v) is 16.3. The van der Waals surface area contributed by atoms with Gasteiger partial charge in [-0.15, -0.1) is 0 Å². The molecule has 3 rings (SSSR count). The predicted octanol–water partition coefficient (Wildman–Crippen LogP) is 4.41. The van der Waals surface area contributed by atoms with E-state index in [2.05, 4.69) is 10.3 Å². The van der Waals surface area contributed by atoms with Crippen molar-refractivity contribution in [2.24, 2.45) is 0 Å². The summed E-state index contributed by atoms with van der Waals surface area (Å²) >= 11 is 1.17. The number of nitrogens with zero attached hydrogens (tertiary/aromatic N) is 1. The van der Waals surface area contributed by atoms with Crippen molar-refractivity contribution in [1.82, 2.24) is 4.98 Å². The molecule has 0 unspecified atom stereocenters. The van der Waals surface area contributed by atoms with Gasteiger partial charge in [0.2, 0.25) is 5.06 Å². The Morgan fingerprint density at radius 3 is 2.29 bits per heavy atom. The molecule has 3 aromatic rings. The van der Waals surface area contributed by atoms with E-state index < -0.39 is 0 Å². The van der Waals surface area contributed by atoms with Gasteiger partial charge in [-0.05, 0) is 31.2 Å². The van der Waals surface area contributed by atoms with Crippen LogP contribution in [0.15, 0.2) is 48.7 Å². The van der Waals surface area contributed by atoms with Gasteiger partial charge in [0.1, 0.15) is 17.2 Å². The lowest BCUT2D eigenvalue weighted by Crippen LogP contribution is -2.11. The van der Waals surface area contributed by atoms with Gasteiger partial charge in [0.05, 0.1) is 20.4 Å². The lowest BCUT2D eigenvalue weighted by Gasteiger charge is -2.08. The third kappa shape index (κ3) is 4.66. The number of rotatable bonds is 7. The Bertz CT molecular complexity index is 993. The fraction of sp³-hybridized carbons (Fsp3) is 0.150. The number of ketones is 1. The highest BCUT2D eigenvalue weighted by Crippen LogP contribution is 2.31. The Morgan fingerprint density at radius 1 is 0.964 bits per heavy atom. The minimum Gasteiger partial charge on any atom is -0.497 e. The highest BCUT2D eigenvalue weighted by molar-refractivity contribution is 7.17. The zero-order chi connectivity index (χ0) is 20.1. The van der Waals surface area contributed by atoms with Crippen LogP contribution in [0.2, 0.25) is 0 Å². The fourth-order valence-corrected chi connectivity index (χ4v) is 3.05. The van der Waals surface area contributed by atoms with Crippen molar-refractivity contribution in [3.8, 4) is 22.3 Å². The molecule has 0 bridgehead atoms. The molecule has 144 valence electrons. The number of thiazole rings is 1. The molecular weight excluding hydrogens is 380 g/mol. The Hall–Kier alpha value is -3.39. The quantitative estimate of drug-likeness (QED) is 0.594. The molecule has 7 nitrogen and oxygen atoms in total. The van der Waals surface area contributed by atoms with E-state index in [9.17, 15) is 9.59 Å². The van der Waals surface area contributed by atoms with Gasteiger partial charge < -0.3 is 14.2 Å². The SMILES string of the molecule is COc1cc(OC)cc(C(=O)Nc2ncc(Oc3cccc(C(C)=O)c3)s2)c1. The molecule has 0 aliphatic rings. The molecule has 2 aromatic carbocycles. The van der Waals surface area contributed by atoms with Gasteiger partial charge in [-0.2, -0.15) is 0 Å². The first-order valence-electron chi connectivity index (χ1n) is 8.27. The van der Waals surface area contributed by atoms with Crippen molar-refractivity contribution >= 4 is 28.2 Å². The maximum atomic E-state index is 12.5. The number of nitrogens with one attached hydrogen (secondary N) is 1. The number of amides is 1. The average Bonchev–Trinajstić information content (AvgIpc) is 3.14. The summed E-state index contributed by atoms with van der Waals surface area (Å²) in [5.74, 6) is 1.15. The van der Waals surface area contributed by atoms with Crippen molar-refractivity contribution in [2.45, 2.75) is 6.92 Å². The number of hydrogen-bond donors (Lipinski definition) is 1. The molecule has 0 atom stereocenters. The summed E-state index contributed by atoms with van der Waals surface area (Å²) < 4.78 is 16.1. The van der Waals surface area contributed by atoms with Crippen LogP contribution in [-0.2, 0) is 0 Å². The molecule has 0 fully saturated rings. The van der Waals surface area contributed by atoms with Crippen molar-refractivity contribution < 1.29 is 23.8 Å². The topological polar surface area (TPSA) is 86.8 Å². The summed E-state index contributed by atoms with van der Waals surface area (Å²) in [5.41, 5.74) is 0.936. The van der Waals surface area contributed by atoms with Crippen LogP contribution in [0.5, 0.6) is 22.3 Å². The molecule has 0 aliphatic heterocycles. The summed E-state index contributed by atoms with van der Waals surface area (Å²) in [4.78, 5) is 28.1. The zero-order valence-electron chi connectivity index (χ0n) is 15.5. The Morgan fingerprint density at radius 2 is 1.64 bits per heavy atom. The molecule has 8 heteroatoms. The smallest absolute Gasteiger partial charge is 0.257 e. The molecule has 1 heterocycles. The van der Waals surface area contributed by atoms with E-state index in [1.807, 2.05) is 0 Å². The average molecular weight is 398 g/mol. The Kier molecular flexibility index (Phi) is 5.90. The van der Waals surface area contributed by atoms with Crippen LogP contribution in [0, 0.1) is 0 Å². The number of methoxy groups -OCH3 is 2. The van der Waals surface area contributed by atoms with Crippen LogP contribution in [-0.4, -0.2) is 30.9 Å². The second kappa shape index (κ2) is 8.53. The molecular formula is C20H18N2O5S. The molecule has 1 N–H and O–H groups in total. The fourth-order valence-electron chi connectivity index (χ4n) is 2.37. The molecule has 0 radical (unpaired) electrons. The minimum atomic E-state index is -0.350. The van der Waals surface area contributed by atoms with Crippen molar-refractivity contribution in [2.75, 3.05) is 19.5 Å². The van der Waals surface area contributed by atoms with E-state index in [1.165, 1.54) is 38.7 Å². The number of anilines is 1. The van der Waals surface area contributed by atoms with Crippen molar-refractivity contribution in [3.05, 3.63) is 59.8 Å². The molecule has 0 spiro atoms. The molecule has 1 amide bonds. The predicted molar refractivity (Wildman–Crippen MR) is 106 cm³/mol. The maximum absolute atomic E-state index is 12.5. The van der Waals surface area contributed by atoms with Crippen LogP contribution < -0.4 is 19.5 Å². The molecule has 0 aliphatic carbocycles. The first-order valence-corrected chi connectivity index (χ1v) is 9.09. The number of Topliss-reactive ketones (excluding diaryl/α,β-unsaturated/α-hetero) is 1. The van der Waals surface area contributed by atoms with Crippen LogP contribution in [0.1, 0.15) is 27.6 Å². The number of hydrogen-bond acceptors (Lipinski definition) is 7. The highest BCUT2D eigenvalue weighted by Gasteiger charge is 2.13. The van der Waals surface area contributed by atoms with Crippen molar-refractivity contribution in [3.63, 3.8) is 0 Å². The van der Waals surface area contributed by atoms with Gasteiger partial charge in [-0.3, -0.25) is 14.9 Å². The van der Waals surface area contributed by atoms with Gasteiger partial charge in [0.15, 0.2) is 10.9 Å². The van der Waals surface area contributed by atoms with Crippen LogP contribution in [0.25, 0.3) is 0 Å². The Labute approximate surface area is 165 Å². The number of aromatic nitrogens is 1. The standard InChI is InChI=1S/C20H18N2O5S/c1-12(23)13-5-4-6-15(7-13)27-18-11-21-20(28-18)22-19(24)14-8-16(25-2)10-17(9-14)26-3/h4-11H,1-3H3,(H,21,22,24). The van der Waals surface area contributed by atoms with E-state index in [1.54, 1.807) is 42.5 Å². The highest BCUT2D eigenvalue weighted by atomic mass is 32.1. The van der Waals surface area contributed by atoms with E-state index in [0.29, 0.717) is 38.6 Å². The molecule has 0 saturated carbocycles. The van der Waals surface area contributed by atoms with Gasteiger partial charge in [0, 0.05) is 17.2 Å². The van der Waals surface area contributed by atoms with Crippen LogP contribution in [0.3, 0.4) is 0 Å². The molecule has 1 aromatic heterocycles. The van der Waals surface area contributed by atoms with E-state index >= 15 is 0 Å². The number of carbonyl (C=O) groups excluding carboxylic acids is 2. The first-order chi connectivity index (χ1) is 13.5. The summed E-state index contributed by atoms with van der Waals surface area (Å²) in [6, 6.07) is 11.8. The summed E-state index contributed by atoms with van der Waals surface area (Å²) in [6.45, 7) is 1.49. The monoisotopic (exact) mass is 398 g/mol. The third-order valence-corrected chi connectivity index (χ3v) is 4.57. The number of benzene rings is 2. The van der Waals surface area contributed by atoms with Gasteiger partial charge in [-0.1, -0.05) is 23.5 Å². The van der Waals surface area contributed by atoms with E-state index in [0.717, 1.165) is 0 Å². The number of ether oxygens (including phenoxy) is 3. The van der Waals surface area contributed by atoms with Gasteiger partial charge in [0.25, 0.3) is 5.91 Å². The van der Waals surface area contributed by atoms with Gasteiger partial charge >= 0.3 is 0 Å². The summed E-state index contributed by atoms with van der Waals surface area (Å²) in [6.07, 6.45) is 1.51. The first kappa shape index (κ1) is 19.4. The third-order valence-electron chi connectivity index (χ3n) is 3.78. The largest absolute Gasteiger partial charge is 0.497 e. The second-order valence-corrected chi connectivity index (χ2v) is 6.72. The lowest BCUT2D eigenvalue weighted by atomic mass is 10.1. The molecule has 28 heavy (non-hydrogen) atoms. The van der Waals surface area contributed by atoms with Crippen molar-refractivity contribution in [1.29, 1.82) is 0 Å². The minimum absolute atomic E-state index is 0.0450. The summed E-state index contributed by atoms with van der Waals surface area (Å²) in [5, 5.41) is 3.58. The Balaban J connectivity index is 1.72. The van der Waals surface area contributed by atoms with Crippen LogP contribution in [0.4, 0.5) is 5.13 Å². The second-order valence-electron chi connectivity index (χ2n) is 5.73. The molecule has 0 saturated heterocycles. The normalized spacial score (nSPS) is 10.2. The summed E-state index contributed by atoms with van der Waals surface area (Å²) in [7, 11) is 3.03. The van der Waals surface area contributed by atoms with Crippen LogP contribution >= 0.6 is 11.3 Å².